The van der Waals surface area contributed by atoms with Crippen LogP contribution in [-0.2, 0) is 20.9 Å². The second-order valence-corrected chi connectivity index (χ2v) is 7.29. The smallest absolute Gasteiger partial charge is 0.307 e. The van der Waals surface area contributed by atoms with Crippen molar-refractivity contribution in [2.24, 2.45) is 0 Å². The highest BCUT2D eigenvalue weighted by atomic mass is 35.5. The van der Waals surface area contributed by atoms with Crippen molar-refractivity contribution in [3.63, 3.8) is 0 Å². The fourth-order valence-electron chi connectivity index (χ4n) is 2.47. The fraction of sp³-hybridized carbons (Fsp3) is 0.222. The molecule has 0 saturated carbocycles. The molecule has 0 radical (unpaired) electrons. The molecule has 3 rings (SSSR count). The Balaban J connectivity index is 1.55. The van der Waals surface area contributed by atoms with Gasteiger partial charge in [-0.25, -0.2) is 0 Å². The number of nitrogens with zero attached hydrogens (tertiary/aromatic N) is 1. The summed E-state index contributed by atoms with van der Waals surface area (Å²) in [6.07, 6.45) is 0.131. The van der Waals surface area contributed by atoms with Gasteiger partial charge in [0.1, 0.15) is 6.61 Å². The number of halogens is 2. The number of rotatable bonds is 5. The number of para-hydroxylation sites is 1. The second kappa shape index (κ2) is 8.13. The Morgan fingerprint density at radius 3 is 2.76 bits per heavy atom. The first-order valence-corrected chi connectivity index (χ1v) is 9.40. The van der Waals surface area contributed by atoms with E-state index in [1.807, 2.05) is 24.3 Å². The lowest BCUT2D eigenvalue weighted by molar-refractivity contribution is -0.144. The highest BCUT2D eigenvalue weighted by Crippen LogP contribution is 2.34. The van der Waals surface area contributed by atoms with Crippen LogP contribution in [-0.4, -0.2) is 24.2 Å². The van der Waals surface area contributed by atoms with Crippen molar-refractivity contribution in [2.45, 2.75) is 17.9 Å². The quantitative estimate of drug-likeness (QED) is 0.695. The molecule has 0 aromatic heterocycles. The van der Waals surface area contributed by atoms with Crippen molar-refractivity contribution in [3.05, 3.63) is 58.1 Å². The van der Waals surface area contributed by atoms with Crippen LogP contribution in [0.1, 0.15) is 12.0 Å². The Bertz CT molecular complexity index is 813. The molecule has 2 aromatic rings. The summed E-state index contributed by atoms with van der Waals surface area (Å²) in [5, 5.41) is 0.875. The molecule has 7 heteroatoms. The molecule has 1 aliphatic heterocycles. The Morgan fingerprint density at radius 2 is 1.96 bits per heavy atom. The van der Waals surface area contributed by atoms with Gasteiger partial charge in [-0.3, -0.25) is 9.59 Å². The molecule has 0 aliphatic carbocycles. The standard InChI is InChI=1S/C18H15Cl2NO3S/c19-13-6-5-12(9-14(13)20)10-24-18(23)7-8-21-15-3-1-2-4-16(15)25-11-17(21)22/h1-6,9H,7-8,10-11H2. The van der Waals surface area contributed by atoms with Gasteiger partial charge in [-0.15, -0.1) is 11.8 Å². The van der Waals surface area contributed by atoms with Crippen molar-refractivity contribution in [1.29, 1.82) is 0 Å². The summed E-state index contributed by atoms with van der Waals surface area (Å²) >= 11 is 13.3. The average Bonchev–Trinajstić information content (AvgIpc) is 2.62. The van der Waals surface area contributed by atoms with Gasteiger partial charge in [0.2, 0.25) is 5.91 Å². The SMILES string of the molecule is O=C(CCN1C(=O)CSc2ccccc21)OCc1ccc(Cl)c(Cl)c1. The molecular formula is C18H15Cl2NO3S. The van der Waals surface area contributed by atoms with Gasteiger partial charge < -0.3 is 9.64 Å². The Morgan fingerprint density at radius 1 is 1.16 bits per heavy atom. The minimum absolute atomic E-state index is 0.000910. The molecule has 0 spiro atoms. The van der Waals surface area contributed by atoms with E-state index in [0.717, 1.165) is 16.1 Å². The van der Waals surface area contributed by atoms with Gasteiger partial charge in [0.25, 0.3) is 0 Å². The molecule has 25 heavy (non-hydrogen) atoms. The summed E-state index contributed by atoms with van der Waals surface area (Å²) < 4.78 is 5.25. The highest BCUT2D eigenvalue weighted by molar-refractivity contribution is 8.00. The molecule has 0 bridgehead atoms. The fourth-order valence-corrected chi connectivity index (χ4v) is 3.72. The maximum absolute atomic E-state index is 12.1. The van der Waals surface area contributed by atoms with Gasteiger partial charge >= 0.3 is 5.97 Å². The van der Waals surface area contributed by atoms with Gasteiger partial charge in [-0.1, -0.05) is 41.4 Å². The maximum atomic E-state index is 12.1. The number of hydrogen-bond donors (Lipinski definition) is 0. The normalized spacial score (nSPS) is 13.5. The number of carbonyl (C=O) groups is 2. The van der Waals surface area contributed by atoms with Gasteiger partial charge in [-0.05, 0) is 29.8 Å². The number of amides is 1. The van der Waals surface area contributed by atoms with E-state index in [-0.39, 0.29) is 24.9 Å². The molecule has 0 atom stereocenters. The second-order valence-electron chi connectivity index (χ2n) is 5.46. The third-order valence-electron chi connectivity index (χ3n) is 3.73. The Labute approximate surface area is 160 Å². The van der Waals surface area contributed by atoms with Gasteiger partial charge in [0, 0.05) is 11.4 Å². The van der Waals surface area contributed by atoms with E-state index in [1.165, 1.54) is 11.8 Å². The van der Waals surface area contributed by atoms with Crippen LogP contribution in [0.2, 0.25) is 10.0 Å². The molecule has 130 valence electrons. The summed E-state index contributed by atoms with van der Waals surface area (Å²) in [6, 6.07) is 12.8. The number of fused-ring (bicyclic) bond motifs is 1. The van der Waals surface area contributed by atoms with E-state index < -0.39 is 0 Å². The minimum Gasteiger partial charge on any atom is -0.461 e. The summed E-state index contributed by atoms with van der Waals surface area (Å²) in [5.74, 6) is 0.0190. The number of carbonyl (C=O) groups excluding carboxylic acids is 2. The number of thioether (sulfide) groups is 1. The van der Waals surface area contributed by atoms with Crippen LogP contribution < -0.4 is 4.90 Å². The molecule has 1 aliphatic rings. The van der Waals surface area contributed by atoms with E-state index in [4.69, 9.17) is 27.9 Å². The number of anilines is 1. The average molecular weight is 396 g/mol. The molecule has 0 N–H and O–H groups in total. The molecule has 0 unspecified atom stereocenters. The molecule has 1 amide bonds. The van der Waals surface area contributed by atoms with Crippen LogP contribution in [0.5, 0.6) is 0 Å². The van der Waals surface area contributed by atoms with Crippen molar-refractivity contribution in [1.82, 2.24) is 0 Å². The number of hydrogen-bond acceptors (Lipinski definition) is 4. The highest BCUT2D eigenvalue weighted by Gasteiger charge is 2.24. The van der Waals surface area contributed by atoms with Crippen LogP contribution in [0.4, 0.5) is 5.69 Å². The van der Waals surface area contributed by atoms with E-state index in [0.29, 0.717) is 22.3 Å². The van der Waals surface area contributed by atoms with Crippen molar-refractivity contribution < 1.29 is 14.3 Å². The zero-order chi connectivity index (χ0) is 17.8. The summed E-state index contributed by atoms with van der Waals surface area (Å²) in [6.45, 7) is 0.423. The first-order chi connectivity index (χ1) is 12.0. The van der Waals surface area contributed by atoms with E-state index in [2.05, 4.69) is 0 Å². The maximum Gasteiger partial charge on any atom is 0.307 e. The van der Waals surface area contributed by atoms with Crippen molar-refractivity contribution in [2.75, 3.05) is 17.2 Å². The van der Waals surface area contributed by atoms with Crippen LogP contribution in [0, 0.1) is 0 Å². The lowest BCUT2D eigenvalue weighted by Gasteiger charge is -2.28. The first kappa shape index (κ1) is 18.1. The molecule has 0 saturated heterocycles. The largest absolute Gasteiger partial charge is 0.461 e. The summed E-state index contributed by atoms with van der Waals surface area (Å²) in [5.41, 5.74) is 1.61. The topological polar surface area (TPSA) is 46.6 Å². The lowest BCUT2D eigenvalue weighted by Crippen LogP contribution is -2.37. The minimum atomic E-state index is -0.366. The van der Waals surface area contributed by atoms with Crippen LogP contribution in [0.25, 0.3) is 0 Å². The lowest BCUT2D eigenvalue weighted by atomic mass is 10.2. The van der Waals surface area contributed by atoms with E-state index in [1.54, 1.807) is 23.1 Å². The molecule has 2 aromatic carbocycles. The van der Waals surface area contributed by atoms with Gasteiger partial charge in [0.05, 0.1) is 27.9 Å². The predicted molar refractivity (Wildman–Crippen MR) is 100 cm³/mol. The van der Waals surface area contributed by atoms with Crippen LogP contribution in [0.15, 0.2) is 47.4 Å². The number of benzene rings is 2. The van der Waals surface area contributed by atoms with Crippen LogP contribution in [0.3, 0.4) is 0 Å². The van der Waals surface area contributed by atoms with Crippen molar-refractivity contribution >= 4 is 52.5 Å². The van der Waals surface area contributed by atoms with Gasteiger partial charge in [-0.2, -0.15) is 0 Å². The van der Waals surface area contributed by atoms with Gasteiger partial charge in [0.15, 0.2) is 0 Å². The molecule has 4 nitrogen and oxygen atoms in total. The number of esters is 1. The third-order valence-corrected chi connectivity index (χ3v) is 5.52. The Kier molecular flexibility index (Phi) is 5.89. The zero-order valence-corrected chi connectivity index (χ0v) is 15.5. The third kappa shape index (κ3) is 4.48. The summed E-state index contributed by atoms with van der Waals surface area (Å²) in [7, 11) is 0. The molecular weight excluding hydrogens is 381 g/mol. The number of ether oxygens (including phenoxy) is 1. The monoisotopic (exact) mass is 395 g/mol. The van der Waals surface area contributed by atoms with Crippen molar-refractivity contribution in [3.8, 4) is 0 Å². The Hall–Kier alpha value is -1.69. The predicted octanol–water partition coefficient (Wildman–Crippen LogP) is 4.57. The zero-order valence-electron chi connectivity index (χ0n) is 13.2. The first-order valence-electron chi connectivity index (χ1n) is 7.66. The molecule has 0 fully saturated rings. The summed E-state index contributed by atoms with van der Waals surface area (Å²) in [4.78, 5) is 26.8. The van der Waals surface area contributed by atoms with E-state index in [9.17, 15) is 9.59 Å². The molecule has 1 heterocycles. The van der Waals surface area contributed by atoms with E-state index >= 15 is 0 Å². The van der Waals surface area contributed by atoms with Crippen LogP contribution >= 0.6 is 35.0 Å².